The Morgan fingerprint density at radius 3 is 0.699 bits per heavy atom. The van der Waals surface area contributed by atoms with E-state index in [1.54, 1.807) is 0 Å². The monoisotopic (exact) mass is 1160 g/mol. The van der Waals surface area contributed by atoms with Crippen LogP contribution in [0.5, 0.6) is 0 Å². The Bertz CT molecular complexity index is 1470. The molecule has 0 aromatic carbocycles. The topological polar surface area (TPSA) is 78.9 Å². The second-order valence-electron chi connectivity index (χ2n) is 24.9. The maximum atomic E-state index is 13.0. The van der Waals surface area contributed by atoms with Crippen molar-refractivity contribution in [2.24, 2.45) is 0 Å². The smallest absolute Gasteiger partial charge is 0.306 e. The average molecular weight is 1160 g/mol. The van der Waals surface area contributed by atoms with Crippen LogP contribution in [-0.4, -0.2) is 37.2 Å². The minimum absolute atomic E-state index is 0.0749. The molecular weight excluding hydrogens is 1020 g/mol. The highest BCUT2D eigenvalue weighted by Crippen LogP contribution is 2.18. The third-order valence-corrected chi connectivity index (χ3v) is 16.5. The largest absolute Gasteiger partial charge is 0.462 e. The molecule has 0 aliphatic rings. The Morgan fingerprint density at radius 1 is 0.241 bits per heavy atom. The zero-order valence-corrected chi connectivity index (χ0v) is 55.7. The van der Waals surface area contributed by atoms with Gasteiger partial charge in [0.25, 0.3) is 0 Å². The number of esters is 3. The van der Waals surface area contributed by atoms with Crippen molar-refractivity contribution < 1.29 is 28.6 Å². The SMILES string of the molecule is CCCCC/C=C\C/C=C\C/C=C\CCCCCCCCC(=O)OC(COC(=O)CCCCCCCCCCCCCCCCC/C=C\C/C=C\CCCCCCC)COC(=O)CCCCCCCCCCCCCCCCCCCCC. The molecule has 0 rings (SSSR count). The van der Waals surface area contributed by atoms with Gasteiger partial charge in [-0.3, -0.25) is 14.4 Å². The van der Waals surface area contributed by atoms with Crippen LogP contribution < -0.4 is 0 Å². The Labute approximate surface area is 517 Å². The molecule has 0 bridgehead atoms. The number of carbonyl (C=O) groups excluding carboxylic acids is 3. The second-order valence-corrected chi connectivity index (χ2v) is 24.9. The fourth-order valence-electron chi connectivity index (χ4n) is 11.0. The summed E-state index contributed by atoms with van der Waals surface area (Å²) in [6, 6.07) is 0. The van der Waals surface area contributed by atoms with Gasteiger partial charge >= 0.3 is 17.9 Å². The molecular formula is C77H140O6. The average Bonchev–Trinajstić information content (AvgIpc) is 3.50. The van der Waals surface area contributed by atoms with E-state index in [1.807, 2.05) is 0 Å². The number of ether oxygens (including phenoxy) is 3. The molecule has 0 heterocycles. The van der Waals surface area contributed by atoms with Crippen molar-refractivity contribution in [1.29, 1.82) is 0 Å². The predicted molar refractivity (Wildman–Crippen MR) is 362 cm³/mol. The van der Waals surface area contributed by atoms with E-state index in [1.165, 1.54) is 270 Å². The van der Waals surface area contributed by atoms with Crippen molar-refractivity contribution in [3.63, 3.8) is 0 Å². The van der Waals surface area contributed by atoms with Gasteiger partial charge in [-0.2, -0.15) is 0 Å². The second kappa shape index (κ2) is 71.6. The van der Waals surface area contributed by atoms with Gasteiger partial charge in [0.05, 0.1) is 0 Å². The quantitative estimate of drug-likeness (QED) is 0.0261. The highest BCUT2D eigenvalue weighted by Gasteiger charge is 2.19. The maximum Gasteiger partial charge on any atom is 0.306 e. The van der Waals surface area contributed by atoms with Crippen molar-refractivity contribution >= 4 is 17.9 Å². The van der Waals surface area contributed by atoms with Crippen LogP contribution in [0.4, 0.5) is 0 Å². The molecule has 6 nitrogen and oxygen atoms in total. The van der Waals surface area contributed by atoms with Gasteiger partial charge in [-0.25, -0.2) is 0 Å². The number of allylic oxidation sites excluding steroid dienone is 10. The first-order chi connectivity index (χ1) is 41.0. The standard InChI is InChI=1S/C77H140O6/c1-4-7-10-13-16-19-22-25-28-31-34-35-36-37-38-39-40-41-44-46-49-52-55-58-61-64-67-70-76(79)82-73-74(83-77(80)71-68-65-62-59-56-53-50-47-43-33-30-27-24-21-18-15-12-9-6-3)72-81-75(78)69-66-63-60-57-54-51-48-45-42-32-29-26-23-20-17-14-11-8-5-2/h18,21-22,25,27,30-31,34,43,47,74H,4-17,19-20,23-24,26,28-29,32-33,35-42,44-46,48-73H2,1-3H3/b21-18-,25-22-,30-27-,34-31-,47-43-. The molecule has 0 N–H and O–H groups in total. The first kappa shape index (κ1) is 80.1. The minimum Gasteiger partial charge on any atom is -0.462 e. The van der Waals surface area contributed by atoms with Gasteiger partial charge in [0.1, 0.15) is 13.2 Å². The van der Waals surface area contributed by atoms with Gasteiger partial charge in [0, 0.05) is 19.3 Å². The molecule has 1 unspecified atom stereocenters. The van der Waals surface area contributed by atoms with Gasteiger partial charge in [0.2, 0.25) is 0 Å². The Morgan fingerprint density at radius 2 is 0.434 bits per heavy atom. The van der Waals surface area contributed by atoms with E-state index in [2.05, 4.69) is 81.5 Å². The molecule has 1 atom stereocenters. The van der Waals surface area contributed by atoms with Crippen molar-refractivity contribution in [1.82, 2.24) is 0 Å². The van der Waals surface area contributed by atoms with Crippen molar-refractivity contribution in [3.8, 4) is 0 Å². The van der Waals surface area contributed by atoms with E-state index in [9.17, 15) is 14.4 Å². The normalized spacial score (nSPS) is 12.4. The van der Waals surface area contributed by atoms with Crippen LogP contribution in [0.25, 0.3) is 0 Å². The fraction of sp³-hybridized carbons (Fsp3) is 0.831. The number of carbonyl (C=O) groups is 3. The molecule has 0 aromatic rings. The number of hydrogen-bond donors (Lipinski definition) is 0. The molecule has 0 aromatic heterocycles. The molecule has 0 aliphatic heterocycles. The highest BCUT2D eigenvalue weighted by molar-refractivity contribution is 5.71. The predicted octanol–water partition coefficient (Wildman–Crippen LogP) is 25.5. The molecule has 0 amide bonds. The Hall–Kier alpha value is -2.89. The number of rotatable bonds is 68. The van der Waals surface area contributed by atoms with E-state index in [-0.39, 0.29) is 31.1 Å². The molecule has 484 valence electrons. The van der Waals surface area contributed by atoms with Gasteiger partial charge in [-0.15, -0.1) is 0 Å². The number of hydrogen-bond acceptors (Lipinski definition) is 6. The summed E-state index contributed by atoms with van der Waals surface area (Å²) in [7, 11) is 0. The first-order valence-corrected chi connectivity index (χ1v) is 36.8. The van der Waals surface area contributed by atoms with Crippen molar-refractivity contribution in [2.45, 2.75) is 399 Å². The van der Waals surface area contributed by atoms with Crippen LogP contribution in [0.15, 0.2) is 60.8 Å². The van der Waals surface area contributed by atoms with E-state index in [0.29, 0.717) is 19.3 Å². The molecule has 83 heavy (non-hydrogen) atoms. The van der Waals surface area contributed by atoms with Crippen molar-refractivity contribution in [3.05, 3.63) is 60.8 Å². The van der Waals surface area contributed by atoms with Crippen LogP contribution in [0, 0.1) is 0 Å². The summed E-state index contributed by atoms with van der Waals surface area (Å²) >= 11 is 0. The summed E-state index contributed by atoms with van der Waals surface area (Å²) in [5.74, 6) is -0.860. The van der Waals surface area contributed by atoms with Crippen LogP contribution in [0.3, 0.4) is 0 Å². The molecule has 0 radical (unpaired) electrons. The van der Waals surface area contributed by atoms with E-state index < -0.39 is 6.10 Å². The lowest BCUT2D eigenvalue weighted by molar-refractivity contribution is -0.167. The van der Waals surface area contributed by atoms with E-state index >= 15 is 0 Å². The molecule has 0 fully saturated rings. The summed E-state index contributed by atoms with van der Waals surface area (Å²) in [5, 5.41) is 0. The minimum atomic E-state index is -0.781. The molecule has 0 saturated carbocycles. The van der Waals surface area contributed by atoms with Gasteiger partial charge < -0.3 is 14.2 Å². The Balaban J connectivity index is 4.30. The van der Waals surface area contributed by atoms with Gasteiger partial charge in [-0.1, -0.05) is 345 Å². The van der Waals surface area contributed by atoms with Crippen LogP contribution in [-0.2, 0) is 28.6 Å². The third kappa shape index (κ3) is 69.8. The third-order valence-electron chi connectivity index (χ3n) is 16.5. The van der Waals surface area contributed by atoms with Crippen LogP contribution in [0.2, 0.25) is 0 Å². The summed E-state index contributed by atoms with van der Waals surface area (Å²) in [6.07, 6.45) is 92.5. The van der Waals surface area contributed by atoms with Crippen LogP contribution in [0.1, 0.15) is 393 Å². The lowest BCUT2D eigenvalue weighted by Gasteiger charge is -2.18. The van der Waals surface area contributed by atoms with E-state index in [4.69, 9.17) is 14.2 Å². The summed E-state index contributed by atoms with van der Waals surface area (Å²) in [5.41, 5.74) is 0. The first-order valence-electron chi connectivity index (χ1n) is 36.8. The number of unbranched alkanes of at least 4 members (excludes halogenated alkanes) is 47. The maximum absolute atomic E-state index is 13.0. The molecule has 6 heteroatoms. The zero-order valence-electron chi connectivity index (χ0n) is 55.7. The molecule has 0 aliphatic carbocycles. The van der Waals surface area contributed by atoms with Crippen LogP contribution >= 0.6 is 0 Å². The summed E-state index contributed by atoms with van der Waals surface area (Å²) in [4.78, 5) is 38.5. The van der Waals surface area contributed by atoms with Crippen molar-refractivity contribution in [2.75, 3.05) is 13.2 Å². The Kier molecular flexibility index (Phi) is 69.1. The van der Waals surface area contributed by atoms with E-state index in [0.717, 1.165) is 83.5 Å². The fourth-order valence-corrected chi connectivity index (χ4v) is 11.0. The zero-order chi connectivity index (χ0) is 59.9. The molecule has 0 spiro atoms. The van der Waals surface area contributed by atoms with Gasteiger partial charge in [-0.05, 0) is 89.9 Å². The lowest BCUT2D eigenvalue weighted by Crippen LogP contribution is -2.30. The van der Waals surface area contributed by atoms with Gasteiger partial charge in [0.15, 0.2) is 6.10 Å². The summed E-state index contributed by atoms with van der Waals surface area (Å²) in [6.45, 7) is 6.66. The molecule has 0 saturated heterocycles. The summed E-state index contributed by atoms with van der Waals surface area (Å²) < 4.78 is 17.0. The highest BCUT2D eigenvalue weighted by atomic mass is 16.6. The lowest BCUT2D eigenvalue weighted by atomic mass is 10.0.